The third-order valence-corrected chi connectivity index (χ3v) is 5.62. The molecule has 0 saturated heterocycles. The maximum atomic E-state index is 13.1. The second-order valence-corrected chi connectivity index (χ2v) is 7.22. The molecule has 0 spiro atoms. The Morgan fingerprint density at radius 2 is 1.38 bits per heavy atom. The van der Waals surface area contributed by atoms with Crippen molar-refractivity contribution in [3.63, 3.8) is 0 Å². The van der Waals surface area contributed by atoms with E-state index in [1.54, 1.807) is 0 Å². The van der Waals surface area contributed by atoms with Crippen LogP contribution in [0.5, 0.6) is 0 Å². The highest BCUT2D eigenvalue weighted by atomic mass is 16.2. The first kappa shape index (κ1) is 15.1. The Labute approximate surface area is 128 Å². The maximum absolute atomic E-state index is 13.1. The minimum Gasteiger partial charge on any atom is -0.336 e. The highest BCUT2D eigenvalue weighted by Crippen LogP contribution is 2.33. The van der Waals surface area contributed by atoms with Crippen molar-refractivity contribution >= 4 is 5.91 Å². The summed E-state index contributed by atoms with van der Waals surface area (Å²) < 4.78 is 0. The lowest BCUT2D eigenvalue weighted by atomic mass is 9.87. The predicted octanol–water partition coefficient (Wildman–Crippen LogP) is 3.38. The van der Waals surface area contributed by atoms with Crippen LogP contribution in [0, 0.1) is 5.92 Å². The summed E-state index contributed by atoms with van der Waals surface area (Å²) in [7, 11) is 0. The van der Waals surface area contributed by atoms with Crippen LogP contribution in [0.15, 0.2) is 12.2 Å². The zero-order valence-corrected chi connectivity index (χ0v) is 13.2. The molecule has 3 heteroatoms. The Kier molecular flexibility index (Phi) is 4.99. The van der Waals surface area contributed by atoms with E-state index in [0.717, 1.165) is 6.42 Å². The lowest BCUT2D eigenvalue weighted by molar-refractivity contribution is -0.141. The number of carbonyl (C=O) groups excluding carboxylic acids is 1. The highest BCUT2D eigenvalue weighted by molar-refractivity contribution is 5.82. The fraction of sp³-hybridized carbons (Fsp3) is 0.833. The second kappa shape index (κ2) is 6.95. The zero-order chi connectivity index (χ0) is 14.7. The first-order chi connectivity index (χ1) is 10.3. The Morgan fingerprint density at radius 1 is 0.857 bits per heavy atom. The van der Waals surface area contributed by atoms with E-state index in [9.17, 15) is 4.79 Å². The number of nitrogens with zero attached hydrogens (tertiary/aromatic N) is 1. The van der Waals surface area contributed by atoms with Gasteiger partial charge in [-0.25, -0.2) is 0 Å². The van der Waals surface area contributed by atoms with Crippen LogP contribution < -0.4 is 5.73 Å². The van der Waals surface area contributed by atoms with Crippen molar-refractivity contribution in [3.05, 3.63) is 12.2 Å². The summed E-state index contributed by atoms with van der Waals surface area (Å²) in [5.41, 5.74) is 5.96. The summed E-state index contributed by atoms with van der Waals surface area (Å²) in [6.45, 7) is 0. The monoisotopic (exact) mass is 290 g/mol. The molecule has 21 heavy (non-hydrogen) atoms. The van der Waals surface area contributed by atoms with Crippen LogP contribution in [-0.2, 0) is 4.79 Å². The molecule has 1 amide bonds. The summed E-state index contributed by atoms with van der Waals surface area (Å²) in [5.74, 6) is 0.418. The average molecular weight is 290 g/mol. The van der Waals surface area contributed by atoms with E-state index in [2.05, 4.69) is 11.0 Å². The van der Waals surface area contributed by atoms with Crippen molar-refractivity contribution in [3.8, 4) is 0 Å². The summed E-state index contributed by atoms with van der Waals surface area (Å²) in [4.78, 5) is 15.4. The van der Waals surface area contributed by atoms with Gasteiger partial charge in [0.15, 0.2) is 0 Å². The molecule has 2 atom stereocenters. The van der Waals surface area contributed by atoms with Gasteiger partial charge in [0.1, 0.15) is 0 Å². The van der Waals surface area contributed by atoms with Gasteiger partial charge < -0.3 is 10.6 Å². The number of amides is 1. The number of hydrogen-bond donors (Lipinski definition) is 1. The van der Waals surface area contributed by atoms with Gasteiger partial charge in [0.05, 0.1) is 5.92 Å². The van der Waals surface area contributed by atoms with Gasteiger partial charge in [-0.1, -0.05) is 50.7 Å². The molecule has 0 radical (unpaired) electrons. The van der Waals surface area contributed by atoms with E-state index in [-0.39, 0.29) is 12.0 Å². The highest BCUT2D eigenvalue weighted by Gasteiger charge is 2.36. The van der Waals surface area contributed by atoms with Gasteiger partial charge in [-0.2, -0.15) is 0 Å². The van der Waals surface area contributed by atoms with Gasteiger partial charge in [-0.05, 0) is 32.1 Å². The smallest absolute Gasteiger partial charge is 0.230 e. The van der Waals surface area contributed by atoms with Gasteiger partial charge in [-0.3, -0.25) is 4.79 Å². The average Bonchev–Trinajstić information content (AvgIpc) is 2.96. The lowest BCUT2D eigenvalue weighted by Gasteiger charge is -2.43. The number of nitrogens with two attached hydrogens (primary N) is 1. The Morgan fingerprint density at radius 3 is 1.81 bits per heavy atom. The SMILES string of the molecule is NC1C=CC(C(=O)N(C2CCCCC2)C2CCCCC2)C1. The van der Waals surface area contributed by atoms with E-state index < -0.39 is 0 Å². The van der Waals surface area contributed by atoms with E-state index in [1.165, 1.54) is 64.2 Å². The molecule has 0 aromatic rings. The van der Waals surface area contributed by atoms with Crippen LogP contribution in [0.3, 0.4) is 0 Å². The van der Waals surface area contributed by atoms with Crippen LogP contribution in [-0.4, -0.2) is 28.9 Å². The Hall–Kier alpha value is -0.830. The summed E-state index contributed by atoms with van der Waals surface area (Å²) in [5, 5.41) is 0. The molecule has 0 aromatic carbocycles. The minimum absolute atomic E-state index is 0.0452. The Balaban J connectivity index is 1.73. The Bertz CT molecular complexity index is 363. The maximum Gasteiger partial charge on any atom is 0.230 e. The molecule has 2 fully saturated rings. The van der Waals surface area contributed by atoms with E-state index >= 15 is 0 Å². The quantitative estimate of drug-likeness (QED) is 0.810. The largest absolute Gasteiger partial charge is 0.336 e. The fourth-order valence-electron chi connectivity index (χ4n) is 4.48. The topological polar surface area (TPSA) is 46.3 Å². The minimum atomic E-state index is 0.0452. The van der Waals surface area contributed by atoms with Crippen LogP contribution in [0.1, 0.15) is 70.6 Å². The number of hydrogen-bond acceptors (Lipinski definition) is 2. The van der Waals surface area contributed by atoms with Crippen LogP contribution >= 0.6 is 0 Å². The molecule has 2 saturated carbocycles. The molecule has 3 nitrogen and oxygen atoms in total. The molecule has 0 aromatic heterocycles. The van der Waals surface area contributed by atoms with Crippen molar-refractivity contribution in [1.82, 2.24) is 4.90 Å². The van der Waals surface area contributed by atoms with E-state index in [0.29, 0.717) is 18.0 Å². The number of rotatable bonds is 3. The molecule has 2 unspecified atom stereocenters. The standard InChI is InChI=1S/C18H30N2O/c19-15-12-11-14(13-15)18(21)20(16-7-3-1-4-8-16)17-9-5-2-6-10-17/h11-12,14-17H,1-10,13,19H2. The van der Waals surface area contributed by atoms with E-state index in [4.69, 9.17) is 5.73 Å². The molecule has 2 N–H and O–H groups in total. The molecule has 3 aliphatic rings. The molecule has 0 heterocycles. The zero-order valence-electron chi connectivity index (χ0n) is 13.2. The van der Waals surface area contributed by atoms with Crippen LogP contribution in [0.25, 0.3) is 0 Å². The second-order valence-electron chi connectivity index (χ2n) is 7.22. The van der Waals surface area contributed by atoms with Crippen molar-refractivity contribution in [2.24, 2.45) is 11.7 Å². The molecule has 0 aliphatic heterocycles. The van der Waals surface area contributed by atoms with E-state index in [1.807, 2.05) is 6.08 Å². The third kappa shape index (κ3) is 3.50. The normalized spacial score (nSPS) is 31.5. The van der Waals surface area contributed by atoms with Crippen molar-refractivity contribution < 1.29 is 4.79 Å². The first-order valence-electron chi connectivity index (χ1n) is 9.02. The predicted molar refractivity (Wildman–Crippen MR) is 85.8 cm³/mol. The van der Waals surface area contributed by atoms with Crippen LogP contribution in [0.4, 0.5) is 0 Å². The van der Waals surface area contributed by atoms with Gasteiger partial charge >= 0.3 is 0 Å². The summed E-state index contributed by atoms with van der Waals surface area (Å²) >= 11 is 0. The van der Waals surface area contributed by atoms with Gasteiger partial charge in [0.25, 0.3) is 0 Å². The third-order valence-electron chi connectivity index (χ3n) is 5.62. The molecule has 118 valence electrons. The summed E-state index contributed by atoms with van der Waals surface area (Å²) in [6.07, 6.45) is 17.6. The molecular weight excluding hydrogens is 260 g/mol. The molecule has 3 aliphatic carbocycles. The van der Waals surface area contributed by atoms with Crippen LogP contribution in [0.2, 0.25) is 0 Å². The summed E-state index contributed by atoms with van der Waals surface area (Å²) in [6, 6.07) is 1.08. The fourth-order valence-corrected chi connectivity index (χ4v) is 4.48. The molecule has 3 rings (SSSR count). The molecular formula is C18H30N2O. The molecule has 0 bridgehead atoms. The van der Waals surface area contributed by atoms with Crippen molar-refractivity contribution in [1.29, 1.82) is 0 Å². The van der Waals surface area contributed by atoms with Crippen molar-refractivity contribution in [2.75, 3.05) is 0 Å². The first-order valence-corrected chi connectivity index (χ1v) is 9.02. The number of carbonyl (C=O) groups is 1. The van der Waals surface area contributed by atoms with Gasteiger partial charge in [-0.15, -0.1) is 0 Å². The lowest BCUT2D eigenvalue weighted by Crippen LogP contribution is -2.50. The van der Waals surface area contributed by atoms with Crippen molar-refractivity contribution in [2.45, 2.75) is 88.8 Å². The van der Waals surface area contributed by atoms with Gasteiger partial charge in [0, 0.05) is 18.1 Å². The van der Waals surface area contributed by atoms with Gasteiger partial charge in [0.2, 0.25) is 5.91 Å².